The van der Waals surface area contributed by atoms with Gasteiger partial charge in [0.15, 0.2) is 0 Å². The van der Waals surface area contributed by atoms with Crippen LogP contribution in [0.2, 0.25) is 0 Å². The molecule has 0 aliphatic carbocycles. The lowest BCUT2D eigenvalue weighted by molar-refractivity contribution is -0.169. The first kappa shape index (κ1) is 22.5. The van der Waals surface area contributed by atoms with Gasteiger partial charge in [-0.1, -0.05) is 42.5 Å². The average molecular weight is 426 g/mol. The molecule has 1 aliphatic heterocycles. The molecule has 0 fully saturated rings. The number of ether oxygens (including phenoxy) is 2. The van der Waals surface area contributed by atoms with Gasteiger partial charge in [0.25, 0.3) is 11.8 Å². The maximum Gasteiger partial charge on any atom is 0.347 e. The van der Waals surface area contributed by atoms with Gasteiger partial charge in [0.05, 0.1) is 18.9 Å². The summed E-state index contributed by atoms with van der Waals surface area (Å²) in [4.78, 5) is 40.1. The van der Waals surface area contributed by atoms with Gasteiger partial charge in [-0.15, -0.1) is 0 Å². The van der Waals surface area contributed by atoms with Crippen molar-refractivity contribution in [2.24, 2.45) is 0 Å². The number of carbonyl (C=O) groups is 3. The Kier molecular flexibility index (Phi) is 6.72. The Hall–Kier alpha value is -3.23. The van der Waals surface area contributed by atoms with E-state index in [9.17, 15) is 19.5 Å². The fourth-order valence-electron chi connectivity index (χ4n) is 3.53. The van der Waals surface area contributed by atoms with E-state index < -0.39 is 29.4 Å². The topological polar surface area (TPSA) is 105 Å². The second-order valence-corrected chi connectivity index (χ2v) is 7.29. The third kappa shape index (κ3) is 4.30. The van der Waals surface area contributed by atoms with Gasteiger partial charge in [-0.2, -0.15) is 0 Å². The van der Waals surface area contributed by atoms with Crippen LogP contribution in [-0.2, 0) is 23.9 Å². The number of hydrogen-bond acceptors (Lipinski definition) is 6. The lowest BCUT2D eigenvalue weighted by Crippen LogP contribution is -2.54. The highest BCUT2D eigenvalue weighted by atomic mass is 16.5. The van der Waals surface area contributed by atoms with E-state index in [1.54, 1.807) is 31.1 Å². The Labute approximate surface area is 180 Å². The molecule has 1 heterocycles. The number of nitrogens with zero attached hydrogens (tertiary/aromatic N) is 1. The molecule has 0 saturated heterocycles. The van der Waals surface area contributed by atoms with Crippen LogP contribution in [0.4, 0.5) is 5.69 Å². The van der Waals surface area contributed by atoms with E-state index in [0.29, 0.717) is 11.3 Å². The molecule has 2 aromatic rings. The molecule has 0 saturated carbocycles. The third-order valence-corrected chi connectivity index (χ3v) is 5.18. The maximum atomic E-state index is 13.6. The summed E-state index contributed by atoms with van der Waals surface area (Å²) >= 11 is 0. The van der Waals surface area contributed by atoms with Crippen molar-refractivity contribution in [1.29, 1.82) is 0 Å². The van der Waals surface area contributed by atoms with E-state index in [2.05, 4.69) is 5.32 Å². The Morgan fingerprint density at radius 1 is 1.13 bits per heavy atom. The second-order valence-electron chi connectivity index (χ2n) is 7.29. The van der Waals surface area contributed by atoms with E-state index in [0.717, 1.165) is 18.1 Å². The molecular weight excluding hydrogens is 400 g/mol. The predicted octanol–water partition coefficient (Wildman–Crippen LogP) is 1.82. The van der Waals surface area contributed by atoms with Crippen molar-refractivity contribution in [3.8, 4) is 11.1 Å². The minimum atomic E-state index is -2.44. The molecule has 0 aromatic heterocycles. The number of rotatable bonds is 7. The summed E-state index contributed by atoms with van der Waals surface area (Å²) in [5.74, 6) is -2.50. The van der Waals surface area contributed by atoms with Crippen LogP contribution in [0.5, 0.6) is 0 Å². The number of fused-ring (bicyclic) bond motifs is 3. The number of aliphatic hydroxyl groups is 1. The average Bonchev–Trinajstić information content (AvgIpc) is 2.86. The van der Waals surface area contributed by atoms with E-state index >= 15 is 0 Å². The van der Waals surface area contributed by atoms with Gasteiger partial charge in [-0.3, -0.25) is 9.59 Å². The fraction of sp³-hybridized carbons (Fsp3) is 0.348. The molecule has 3 rings (SSSR count). The summed E-state index contributed by atoms with van der Waals surface area (Å²) < 4.78 is 9.97. The number of nitrogens with one attached hydrogen (secondary N) is 1. The molecule has 0 radical (unpaired) electrons. The van der Waals surface area contributed by atoms with Gasteiger partial charge in [0, 0.05) is 19.2 Å². The Balaban J connectivity index is 2.07. The number of esters is 1. The highest BCUT2D eigenvalue weighted by Crippen LogP contribution is 2.40. The number of hydrogen-bond donors (Lipinski definition) is 2. The summed E-state index contributed by atoms with van der Waals surface area (Å²) in [6.45, 7) is 3.18. The van der Waals surface area contributed by atoms with Gasteiger partial charge in [-0.25, -0.2) is 4.79 Å². The molecule has 0 spiro atoms. The molecular formula is C23H26N2O6. The van der Waals surface area contributed by atoms with Crippen LogP contribution in [0, 0.1) is 0 Å². The highest BCUT2D eigenvalue weighted by molar-refractivity contribution is 6.10. The Morgan fingerprint density at radius 3 is 2.45 bits per heavy atom. The van der Waals surface area contributed by atoms with Crippen LogP contribution in [0.1, 0.15) is 25.5 Å². The van der Waals surface area contributed by atoms with Gasteiger partial charge in [0.1, 0.15) is 6.04 Å². The van der Waals surface area contributed by atoms with Gasteiger partial charge in [0.2, 0.25) is 5.60 Å². The van der Waals surface area contributed by atoms with Crippen LogP contribution in [-0.4, -0.2) is 55.4 Å². The number of methoxy groups -OCH3 is 1. The van der Waals surface area contributed by atoms with Crippen LogP contribution < -0.4 is 10.2 Å². The minimum absolute atomic E-state index is 0.00750. The number of para-hydroxylation sites is 1. The van der Waals surface area contributed by atoms with Gasteiger partial charge < -0.3 is 24.8 Å². The van der Waals surface area contributed by atoms with Crippen molar-refractivity contribution < 1.29 is 29.0 Å². The first-order valence-electron chi connectivity index (χ1n) is 10.0. The standard InChI is InChI=1S/C23H26N2O6/c1-4-31-22(28)23(2,29)21(27)24-19-17-11-6-5-9-15(17)16-10-7-8-12-18(16)25(20(19)26)13-14-30-3/h5-12,19,29H,4,13-14H2,1-3H3,(H,24,27)/t19?,23-/m0/s1. The zero-order valence-corrected chi connectivity index (χ0v) is 17.8. The molecule has 2 atom stereocenters. The number of anilines is 1. The summed E-state index contributed by atoms with van der Waals surface area (Å²) in [5.41, 5.74) is 0.407. The van der Waals surface area contributed by atoms with Crippen molar-refractivity contribution >= 4 is 23.5 Å². The SMILES string of the molecule is CCOC(=O)[C@@](C)(O)C(=O)NC1C(=O)N(CCOC)c2ccccc2-c2ccccc21. The molecule has 8 heteroatoms. The molecule has 1 aliphatic rings. The number of amides is 2. The molecule has 2 amide bonds. The first-order valence-corrected chi connectivity index (χ1v) is 10.0. The zero-order valence-electron chi connectivity index (χ0n) is 17.8. The van der Waals surface area contributed by atoms with E-state index in [1.165, 1.54) is 0 Å². The van der Waals surface area contributed by atoms with Crippen LogP contribution in [0.25, 0.3) is 11.1 Å². The van der Waals surface area contributed by atoms with Crippen LogP contribution in [0.15, 0.2) is 48.5 Å². The molecule has 0 bridgehead atoms. The second kappa shape index (κ2) is 9.28. The van der Waals surface area contributed by atoms with Crippen molar-refractivity contribution in [1.82, 2.24) is 5.32 Å². The van der Waals surface area contributed by atoms with Gasteiger partial charge in [-0.05, 0) is 31.0 Å². The van der Waals surface area contributed by atoms with Crippen molar-refractivity contribution in [3.63, 3.8) is 0 Å². The van der Waals surface area contributed by atoms with E-state index in [1.807, 2.05) is 36.4 Å². The molecule has 2 aromatic carbocycles. The zero-order chi connectivity index (χ0) is 22.6. The van der Waals surface area contributed by atoms with Crippen LogP contribution >= 0.6 is 0 Å². The summed E-state index contributed by atoms with van der Waals surface area (Å²) in [6.07, 6.45) is 0. The van der Waals surface area contributed by atoms with Crippen molar-refractivity contribution in [2.75, 3.05) is 31.8 Å². The lowest BCUT2D eigenvalue weighted by atomic mass is 9.94. The molecule has 1 unspecified atom stereocenters. The van der Waals surface area contributed by atoms with E-state index in [4.69, 9.17) is 9.47 Å². The molecule has 164 valence electrons. The van der Waals surface area contributed by atoms with Crippen molar-refractivity contribution in [2.45, 2.75) is 25.5 Å². The van der Waals surface area contributed by atoms with Gasteiger partial charge >= 0.3 is 5.97 Å². The number of carbonyl (C=O) groups excluding carboxylic acids is 3. The molecule has 8 nitrogen and oxygen atoms in total. The Morgan fingerprint density at radius 2 is 1.77 bits per heavy atom. The smallest absolute Gasteiger partial charge is 0.347 e. The fourth-order valence-corrected chi connectivity index (χ4v) is 3.53. The molecule has 2 N–H and O–H groups in total. The largest absolute Gasteiger partial charge is 0.463 e. The summed E-state index contributed by atoms with van der Waals surface area (Å²) in [6, 6.07) is 13.5. The van der Waals surface area contributed by atoms with E-state index in [-0.39, 0.29) is 19.8 Å². The highest BCUT2D eigenvalue weighted by Gasteiger charge is 2.44. The van der Waals surface area contributed by atoms with Crippen molar-refractivity contribution in [3.05, 3.63) is 54.1 Å². The summed E-state index contributed by atoms with van der Waals surface area (Å²) in [5, 5.41) is 13.0. The summed E-state index contributed by atoms with van der Waals surface area (Å²) in [7, 11) is 1.54. The monoisotopic (exact) mass is 426 g/mol. The van der Waals surface area contributed by atoms with Crippen LogP contribution in [0.3, 0.4) is 0 Å². The maximum absolute atomic E-state index is 13.6. The first-order chi connectivity index (χ1) is 14.8. The number of benzene rings is 2. The lowest BCUT2D eigenvalue weighted by Gasteiger charge is -2.28. The molecule has 31 heavy (non-hydrogen) atoms. The quantitative estimate of drug-likeness (QED) is 0.517. The Bertz CT molecular complexity index is 988. The normalized spacial score (nSPS) is 17.1. The minimum Gasteiger partial charge on any atom is -0.463 e. The third-order valence-electron chi connectivity index (χ3n) is 5.18. The predicted molar refractivity (Wildman–Crippen MR) is 114 cm³/mol.